The van der Waals surface area contributed by atoms with E-state index in [1.165, 1.54) is 4.90 Å². The molecule has 2 amide bonds. The number of carbonyl (C=O) groups excluding carboxylic acids is 3. The lowest BCUT2D eigenvalue weighted by Crippen LogP contribution is -2.43. The Bertz CT molecular complexity index is 573. The van der Waals surface area contributed by atoms with Crippen molar-refractivity contribution in [3.05, 3.63) is 0 Å². The number of aliphatic carboxylic acids is 1. The second-order valence-electron chi connectivity index (χ2n) is 5.91. The minimum atomic E-state index is -1.17. The first-order valence-electron chi connectivity index (χ1n) is 7.60. The maximum Gasteiger partial charge on any atom is 0.329 e. The molecule has 2 heterocycles. The van der Waals surface area contributed by atoms with Crippen LogP contribution in [0.5, 0.6) is 0 Å². The van der Waals surface area contributed by atoms with Crippen LogP contribution in [-0.4, -0.2) is 91.8 Å². The fraction of sp³-hybridized carbons (Fsp3) is 0.714. The molecule has 0 aromatic heterocycles. The summed E-state index contributed by atoms with van der Waals surface area (Å²) in [4.78, 5) is 49.8. The van der Waals surface area contributed by atoms with Gasteiger partial charge in [-0.2, -0.15) is 0 Å². The van der Waals surface area contributed by atoms with E-state index in [1.807, 2.05) is 0 Å². The van der Waals surface area contributed by atoms with E-state index in [0.29, 0.717) is 0 Å². The largest absolute Gasteiger partial charge is 0.480 e. The van der Waals surface area contributed by atoms with Crippen molar-refractivity contribution in [2.24, 2.45) is 0 Å². The lowest BCUT2D eigenvalue weighted by Gasteiger charge is -2.23. The van der Waals surface area contributed by atoms with Crippen LogP contribution in [0, 0.1) is 0 Å². The maximum absolute atomic E-state index is 12.4. The zero-order valence-electron chi connectivity index (χ0n) is 13.1. The number of ether oxygens (including phenoxy) is 1. The molecule has 2 aliphatic rings. The van der Waals surface area contributed by atoms with E-state index in [1.54, 1.807) is 0 Å². The number of aliphatic hydroxyl groups excluding tert-OH is 1. The van der Waals surface area contributed by atoms with Crippen LogP contribution >= 0.6 is 31.9 Å². The maximum atomic E-state index is 12.4. The summed E-state index contributed by atoms with van der Waals surface area (Å²) in [5, 5.41) is 19.0. The summed E-state index contributed by atoms with van der Waals surface area (Å²) < 4.78 is 5.34. The zero-order chi connectivity index (χ0) is 18.7. The summed E-state index contributed by atoms with van der Waals surface area (Å²) in [6.07, 6.45) is -1.53. The van der Waals surface area contributed by atoms with E-state index in [-0.39, 0.29) is 42.5 Å². The molecule has 0 saturated carbocycles. The molecule has 0 spiro atoms. The average molecular weight is 486 g/mol. The van der Waals surface area contributed by atoms with Crippen molar-refractivity contribution in [1.82, 2.24) is 9.80 Å². The molecule has 0 radical (unpaired) electrons. The first-order chi connectivity index (χ1) is 11.8. The number of rotatable bonds is 5. The highest BCUT2D eigenvalue weighted by Crippen LogP contribution is 2.25. The molecule has 11 heteroatoms. The first-order valence-corrected chi connectivity index (χ1v) is 9.85. The second-order valence-corrected chi connectivity index (χ2v) is 7.03. The minimum absolute atomic E-state index is 0.0124. The minimum Gasteiger partial charge on any atom is -0.480 e. The van der Waals surface area contributed by atoms with Crippen molar-refractivity contribution in [2.75, 3.05) is 23.7 Å². The zero-order valence-corrected chi connectivity index (χ0v) is 16.3. The summed E-state index contributed by atoms with van der Waals surface area (Å²) in [6.45, 7) is 0.0234. The van der Waals surface area contributed by atoms with Gasteiger partial charge in [0.1, 0.15) is 18.2 Å². The highest BCUT2D eigenvalue weighted by Gasteiger charge is 2.44. The van der Waals surface area contributed by atoms with Gasteiger partial charge in [-0.3, -0.25) is 9.59 Å². The van der Waals surface area contributed by atoms with Gasteiger partial charge in [-0.15, -0.1) is 0 Å². The van der Waals surface area contributed by atoms with Crippen LogP contribution < -0.4 is 0 Å². The summed E-state index contributed by atoms with van der Waals surface area (Å²) in [6, 6.07) is -1.97. The lowest BCUT2D eigenvalue weighted by atomic mass is 10.2. The predicted octanol–water partition coefficient (Wildman–Crippen LogP) is -0.665. The van der Waals surface area contributed by atoms with Gasteiger partial charge in [-0.1, -0.05) is 31.9 Å². The third-order valence-corrected chi connectivity index (χ3v) is 5.21. The van der Waals surface area contributed by atoms with Crippen LogP contribution in [0.2, 0.25) is 0 Å². The molecule has 4 atom stereocenters. The number of carboxylic acids is 1. The van der Waals surface area contributed by atoms with Gasteiger partial charge in [0.15, 0.2) is 0 Å². The van der Waals surface area contributed by atoms with E-state index in [4.69, 9.17) is 4.74 Å². The lowest BCUT2D eigenvalue weighted by molar-refractivity contribution is -0.157. The van der Waals surface area contributed by atoms with E-state index in [0.717, 1.165) is 4.90 Å². The van der Waals surface area contributed by atoms with Crippen molar-refractivity contribution < 1.29 is 34.1 Å². The quantitative estimate of drug-likeness (QED) is 0.391. The third-order valence-electron chi connectivity index (χ3n) is 4.25. The molecule has 2 rings (SSSR count). The number of carboxylic acid groups (broad SMARTS) is 1. The normalized spacial score (nSPS) is 28.9. The van der Waals surface area contributed by atoms with Gasteiger partial charge in [-0.05, 0) is 0 Å². The molecular weight excluding hydrogens is 468 g/mol. The molecule has 9 nitrogen and oxygen atoms in total. The van der Waals surface area contributed by atoms with Gasteiger partial charge in [0.25, 0.3) is 0 Å². The van der Waals surface area contributed by atoms with Gasteiger partial charge in [-0.25, -0.2) is 9.59 Å². The first kappa shape index (κ1) is 20.1. The standard InChI is InChI=1S/C14H18Br2N2O7/c15-3-11(20)17-5-7(19)1-10(17)14(24)25-8-2-9(13(22)23)18(6-8)12(21)4-16/h7-10,19H,1-6H2,(H,22,23)/t7-,8-,9+,10+/m1/s1. The Balaban J connectivity index is 2.04. The summed E-state index contributed by atoms with van der Waals surface area (Å²) in [5.41, 5.74) is 0. The van der Waals surface area contributed by atoms with Gasteiger partial charge >= 0.3 is 11.9 Å². The fourth-order valence-electron chi connectivity index (χ4n) is 3.10. The molecular formula is C14H18Br2N2O7. The Hall–Kier alpha value is -1.20. The molecule has 0 bridgehead atoms. The topological polar surface area (TPSA) is 124 Å². The molecule has 140 valence electrons. The Labute approximate surface area is 160 Å². The SMILES string of the molecule is O=C(O)[C@@H]1C[C@@H](OC(=O)[C@@H]2C[C@@H](O)CN2C(=O)CBr)CN1C(=O)CBr. The predicted molar refractivity (Wildman–Crippen MR) is 91.3 cm³/mol. The molecule has 2 N–H and O–H groups in total. The number of hydrogen-bond donors (Lipinski definition) is 2. The third kappa shape index (κ3) is 4.50. The van der Waals surface area contributed by atoms with E-state index in [2.05, 4.69) is 31.9 Å². The highest BCUT2D eigenvalue weighted by molar-refractivity contribution is 9.09. The molecule has 0 aromatic carbocycles. The Morgan fingerprint density at radius 2 is 1.52 bits per heavy atom. The molecule has 2 saturated heterocycles. The van der Waals surface area contributed by atoms with Crippen LogP contribution in [0.1, 0.15) is 12.8 Å². The number of halogens is 2. The molecule has 2 fully saturated rings. The van der Waals surface area contributed by atoms with Crippen molar-refractivity contribution in [3.63, 3.8) is 0 Å². The number of nitrogens with zero attached hydrogens (tertiary/aromatic N) is 2. The number of aliphatic hydroxyl groups is 1. The average Bonchev–Trinajstić information content (AvgIpc) is 3.17. The molecule has 0 aromatic rings. The highest BCUT2D eigenvalue weighted by atomic mass is 79.9. The Morgan fingerprint density at radius 3 is 2.04 bits per heavy atom. The van der Waals surface area contributed by atoms with Crippen LogP contribution in [-0.2, 0) is 23.9 Å². The number of β-amino-alcohol motifs (C(OH)–C–C–N with tert-alkyl or cyclic N) is 1. The molecule has 0 unspecified atom stereocenters. The molecule has 0 aliphatic carbocycles. The number of alkyl halides is 2. The number of likely N-dealkylation sites (tertiary alicyclic amines) is 2. The van der Waals surface area contributed by atoms with Crippen molar-refractivity contribution in [2.45, 2.75) is 37.1 Å². The summed E-state index contributed by atoms with van der Waals surface area (Å²) >= 11 is 6.02. The monoisotopic (exact) mass is 484 g/mol. The Kier molecular flexibility index (Phi) is 6.80. The van der Waals surface area contributed by atoms with Gasteiger partial charge in [0, 0.05) is 19.4 Å². The fourth-order valence-corrected chi connectivity index (χ4v) is 3.75. The van der Waals surface area contributed by atoms with Crippen LogP contribution in [0.4, 0.5) is 0 Å². The van der Waals surface area contributed by atoms with Crippen molar-refractivity contribution >= 4 is 55.6 Å². The second kappa shape index (κ2) is 8.45. The van der Waals surface area contributed by atoms with Crippen molar-refractivity contribution in [1.29, 1.82) is 0 Å². The number of esters is 1. The number of hydrogen-bond acceptors (Lipinski definition) is 6. The Morgan fingerprint density at radius 1 is 0.960 bits per heavy atom. The summed E-state index contributed by atoms with van der Waals surface area (Å²) in [5.74, 6) is -2.61. The van der Waals surface area contributed by atoms with Crippen molar-refractivity contribution in [3.8, 4) is 0 Å². The van der Waals surface area contributed by atoms with E-state index < -0.39 is 42.1 Å². The van der Waals surface area contributed by atoms with Crippen LogP contribution in [0.15, 0.2) is 0 Å². The van der Waals surface area contributed by atoms with Crippen LogP contribution in [0.3, 0.4) is 0 Å². The summed E-state index contributed by atoms with van der Waals surface area (Å²) in [7, 11) is 0. The van der Waals surface area contributed by atoms with Crippen LogP contribution in [0.25, 0.3) is 0 Å². The molecule has 2 aliphatic heterocycles. The van der Waals surface area contributed by atoms with E-state index in [9.17, 15) is 29.4 Å². The van der Waals surface area contributed by atoms with Gasteiger partial charge in [0.05, 0.1) is 23.3 Å². The van der Waals surface area contributed by atoms with Gasteiger partial charge in [0.2, 0.25) is 11.8 Å². The van der Waals surface area contributed by atoms with Gasteiger partial charge < -0.3 is 24.7 Å². The number of carbonyl (C=O) groups is 4. The smallest absolute Gasteiger partial charge is 0.329 e. The van der Waals surface area contributed by atoms with E-state index >= 15 is 0 Å². The molecule has 25 heavy (non-hydrogen) atoms. The number of amides is 2.